The van der Waals surface area contributed by atoms with Crippen LogP contribution in [0, 0.1) is 0 Å². The van der Waals surface area contributed by atoms with Gasteiger partial charge in [0, 0.05) is 42.3 Å². The van der Waals surface area contributed by atoms with Crippen LogP contribution in [0.15, 0.2) is 30.5 Å². The van der Waals surface area contributed by atoms with Crippen molar-refractivity contribution >= 4 is 40.5 Å². The van der Waals surface area contributed by atoms with Gasteiger partial charge in [-0.05, 0) is 31.0 Å². The Kier molecular flexibility index (Phi) is 5.98. The largest absolute Gasteiger partial charge is 0.375 e. The Morgan fingerprint density at radius 2 is 2.30 bits per heavy atom. The first-order chi connectivity index (χ1) is 10.6. The summed E-state index contributed by atoms with van der Waals surface area (Å²) in [5, 5.41) is 4.07. The first kappa shape index (κ1) is 17.7. The van der Waals surface area contributed by atoms with Crippen molar-refractivity contribution in [1.29, 1.82) is 0 Å². The monoisotopic (exact) mass is 352 g/mol. The highest BCUT2D eigenvalue weighted by molar-refractivity contribution is 7.15. The molecule has 124 valence electrons. The molecule has 1 unspecified atom stereocenters. The normalized spacial score (nSPS) is 15.5. The lowest BCUT2D eigenvalue weighted by Gasteiger charge is -2.19. The SMILES string of the molecule is CC(NCc1cnc(N)s1)c1cccc(N2CCCC2=O)c1.Cl. The van der Waals surface area contributed by atoms with Crippen molar-refractivity contribution in [2.75, 3.05) is 17.2 Å². The third kappa shape index (κ3) is 4.22. The van der Waals surface area contributed by atoms with Gasteiger partial charge < -0.3 is 16.0 Å². The lowest BCUT2D eigenvalue weighted by Crippen LogP contribution is -2.24. The molecule has 3 rings (SSSR count). The van der Waals surface area contributed by atoms with E-state index in [4.69, 9.17) is 5.73 Å². The van der Waals surface area contributed by atoms with E-state index in [9.17, 15) is 4.79 Å². The molecule has 0 radical (unpaired) electrons. The molecule has 2 aromatic rings. The minimum atomic E-state index is 0. The van der Waals surface area contributed by atoms with E-state index in [-0.39, 0.29) is 24.4 Å². The molecule has 0 spiro atoms. The molecule has 0 aliphatic carbocycles. The van der Waals surface area contributed by atoms with Gasteiger partial charge in [0.05, 0.1) is 0 Å². The molecule has 7 heteroatoms. The molecule has 1 aliphatic heterocycles. The summed E-state index contributed by atoms with van der Waals surface area (Å²) in [4.78, 5) is 18.9. The number of carbonyl (C=O) groups is 1. The molecule has 1 aromatic carbocycles. The molecule has 1 saturated heterocycles. The molecule has 2 heterocycles. The molecule has 0 saturated carbocycles. The minimum Gasteiger partial charge on any atom is -0.375 e. The third-order valence-electron chi connectivity index (χ3n) is 3.91. The van der Waals surface area contributed by atoms with Gasteiger partial charge in [-0.1, -0.05) is 12.1 Å². The predicted molar refractivity (Wildman–Crippen MR) is 97.1 cm³/mol. The second-order valence-corrected chi connectivity index (χ2v) is 6.66. The van der Waals surface area contributed by atoms with Gasteiger partial charge in [-0.25, -0.2) is 4.98 Å². The lowest BCUT2D eigenvalue weighted by atomic mass is 10.1. The summed E-state index contributed by atoms with van der Waals surface area (Å²) >= 11 is 1.50. The van der Waals surface area contributed by atoms with E-state index < -0.39 is 0 Å². The fraction of sp³-hybridized carbons (Fsp3) is 0.375. The van der Waals surface area contributed by atoms with Crippen molar-refractivity contribution < 1.29 is 4.79 Å². The Labute approximate surface area is 146 Å². The Balaban J connectivity index is 0.00000192. The van der Waals surface area contributed by atoms with E-state index in [2.05, 4.69) is 29.4 Å². The fourth-order valence-corrected chi connectivity index (χ4v) is 3.29. The zero-order chi connectivity index (χ0) is 15.5. The van der Waals surface area contributed by atoms with Gasteiger partial charge in [0.1, 0.15) is 0 Å². The van der Waals surface area contributed by atoms with Crippen LogP contribution in [0.3, 0.4) is 0 Å². The molecule has 1 aromatic heterocycles. The highest BCUT2D eigenvalue weighted by atomic mass is 35.5. The zero-order valence-electron chi connectivity index (χ0n) is 13.0. The zero-order valence-corrected chi connectivity index (χ0v) is 14.6. The average Bonchev–Trinajstić information content (AvgIpc) is 3.13. The van der Waals surface area contributed by atoms with Gasteiger partial charge in [0.2, 0.25) is 5.91 Å². The number of nitrogens with two attached hydrogens (primary N) is 1. The maximum atomic E-state index is 11.9. The number of anilines is 2. The van der Waals surface area contributed by atoms with E-state index in [1.54, 1.807) is 6.20 Å². The summed E-state index contributed by atoms with van der Waals surface area (Å²) in [5.41, 5.74) is 7.81. The molecule has 23 heavy (non-hydrogen) atoms. The highest BCUT2D eigenvalue weighted by Gasteiger charge is 2.22. The van der Waals surface area contributed by atoms with Crippen LogP contribution in [-0.2, 0) is 11.3 Å². The first-order valence-corrected chi connectivity index (χ1v) is 8.29. The molecule has 5 nitrogen and oxygen atoms in total. The van der Waals surface area contributed by atoms with E-state index in [1.807, 2.05) is 17.0 Å². The molecule has 1 atom stereocenters. The van der Waals surface area contributed by atoms with Crippen molar-refractivity contribution in [2.24, 2.45) is 0 Å². The lowest BCUT2D eigenvalue weighted by molar-refractivity contribution is -0.117. The van der Waals surface area contributed by atoms with Crippen molar-refractivity contribution in [3.8, 4) is 0 Å². The second-order valence-electron chi connectivity index (χ2n) is 5.51. The average molecular weight is 353 g/mol. The molecule has 1 aliphatic rings. The number of amides is 1. The predicted octanol–water partition coefficient (Wildman–Crippen LogP) is 3.12. The van der Waals surface area contributed by atoms with E-state index in [0.29, 0.717) is 11.6 Å². The van der Waals surface area contributed by atoms with Crippen LogP contribution >= 0.6 is 23.7 Å². The maximum absolute atomic E-state index is 11.9. The smallest absolute Gasteiger partial charge is 0.227 e. The van der Waals surface area contributed by atoms with Gasteiger partial charge >= 0.3 is 0 Å². The number of benzene rings is 1. The van der Waals surface area contributed by atoms with Crippen molar-refractivity contribution in [3.05, 3.63) is 40.9 Å². The first-order valence-electron chi connectivity index (χ1n) is 7.47. The van der Waals surface area contributed by atoms with Crippen LogP contribution in [0.1, 0.15) is 36.2 Å². The number of thiazole rings is 1. The number of hydrogen-bond acceptors (Lipinski definition) is 5. The number of hydrogen-bond donors (Lipinski definition) is 2. The summed E-state index contributed by atoms with van der Waals surface area (Å²) < 4.78 is 0. The topological polar surface area (TPSA) is 71.2 Å². The molecule has 1 amide bonds. The number of nitrogen functional groups attached to an aromatic ring is 1. The summed E-state index contributed by atoms with van der Waals surface area (Å²) in [6.45, 7) is 3.68. The fourth-order valence-electron chi connectivity index (χ4n) is 2.66. The van der Waals surface area contributed by atoms with Crippen molar-refractivity contribution in [2.45, 2.75) is 32.4 Å². The van der Waals surface area contributed by atoms with Gasteiger partial charge in [-0.3, -0.25) is 4.79 Å². The quantitative estimate of drug-likeness (QED) is 0.867. The molecule has 3 N–H and O–H groups in total. The van der Waals surface area contributed by atoms with Gasteiger partial charge in [0.15, 0.2) is 5.13 Å². The molecule has 0 bridgehead atoms. The number of carbonyl (C=O) groups excluding carboxylic acids is 1. The second kappa shape index (κ2) is 7.77. The summed E-state index contributed by atoms with van der Waals surface area (Å²) in [6.07, 6.45) is 3.41. The van der Waals surface area contributed by atoms with Gasteiger partial charge in [-0.2, -0.15) is 0 Å². The van der Waals surface area contributed by atoms with Crippen LogP contribution in [-0.4, -0.2) is 17.4 Å². The number of nitrogens with zero attached hydrogens (tertiary/aromatic N) is 2. The number of halogens is 1. The Hall–Kier alpha value is -1.63. The van der Waals surface area contributed by atoms with Crippen LogP contribution in [0.2, 0.25) is 0 Å². The Morgan fingerprint density at radius 1 is 1.48 bits per heavy atom. The number of rotatable bonds is 5. The number of nitrogens with one attached hydrogen (secondary N) is 1. The van der Waals surface area contributed by atoms with Gasteiger partial charge in [-0.15, -0.1) is 23.7 Å². The van der Waals surface area contributed by atoms with Gasteiger partial charge in [0.25, 0.3) is 0 Å². The molecular formula is C16H21ClN4OS. The molecule has 1 fully saturated rings. The summed E-state index contributed by atoms with van der Waals surface area (Å²) in [5.74, 6) is 0.220. The van der Waals surface area contributed by atoms with Crippen LogP contribution in [0.4, 0.5) is 10.8 Å². The minimum absolute atomic E-state index is 0. The third-order valence-corrected chi connectivity index (χ3v) is 4.74. The van der Waals surface area contributed by atoms with E-state index >= 15 is 0 Å². The Morgan fingerprint density at radius 3 is 2.96 bits per heavy atom. The van der Waals surface area contributed by atoms with E-state index in [0.717, 1.165) is 30.1 Å². The van der Waals surface area contributed by atoms with Crippen molar-refractivity contribution in [3.63, 3.8) is 0 Å². The van der Waals surface area contributed by atoms with Crippen LogP contribution in [0.25, 0.3) is 0 Å². The number of aromatic nitrogens is 1. The summed E-state index contributed by atoms with van der Waals surface area (Å²) in [6, 6.07) is 8.40. The maximum Gasteiger partial charge on any atom is 0.227 e. The standard InChI is InChI=1S/C16H20N4OS.ClH/c1-11(18-9-14-10-19-16(17)22-14)12-4-2-5-13(8-12)20-7-3-6-15(20)21;/h2,4-5,8,10-11,18H,3,6-7,9H2,1H3,(H2,17,19);1H. The Bertz CT molecular complexity index is 676. The highest BCUT2D eigenvalue weighted by Crippen LogP contribution is 2.25. The van der Waals surface area contributed by atoms with Crippen LogP contribution < -0.4 is 16.0 Å². The van der Waals surface area contributed by atoms with Crippen LogP contribution in [0.5, 0.6) is 0 Å². The van der Waals surface area contributed by atoms with E-state index in [1.165, 1.54) is 16.9 Å². The molecular weight excluding hydrogens is 332 g/mol. The summed E-state index contributed by atoms with van der Waals surface area (Å²) in [7, 11) is 0. The van der Waals surface area contributed by atoms with Crippen molar-refractivity contribution in [1.82, 2.24) is 10.3 Å².